The van der Waals surface area contributed by atoms with E-state index in [9.17, 15) is 13.2 Å². The number of sulfonamides is 1. The minimum atomic E-state index is -3.56. The third kappa shape index (κ3) is 5.71. The number of amides is 1. The molecule has 0 spiro atoms. The maximum absolute atomic E-state index is 13.0. The van der Waals surface area contributed by atoms with E-state index in [1.165, 1.54) is 27.8 Å². The number of aromatic nitrogens is 2. The number of rotatable bonds is 6. The van der Waals surface area contributed by atoms with Crippen molar-refractivity contribution in [2.75, 3.05) is 32.7 Å². The van der Waals surface area contributed by atoms with E-state index in [0.717, 1.165) is 25.7 Å². The minimum Gasteiger partial charge on any atom is -0.350 e. The van der Waals surface area contributed by atoms with Crippen molar-refractivity contribution in [3.8, 4) is 0 Å². The Hall–Kier alpha value is -1.36. The van der Waals surface area contributed by atoms with E-state index < -0.39 is 10.0 Å². The number of halogens is 3. The van der Waals surface area contributed by atoms with Gasteiger partial charge in [0, 0.05) is 56.5 Å². The summed E-state index contributed by atoms with van der Waals surface area (Å²) in [4.78, 5) is 15.4. The molecule has 1 aliphatic carbocycles. The normalized spacial score (nSPS) is 19.4. The second kappa shape index (κ2) is 11.1. The van der Waals surface area contributed by atoms with Crippen LogP contribution in [0.25, 0.3) is 0 Å². The molecule has 12 heteroatoms. The fourth-order valence-electron chi connectivity index (χ4n) is 4.91. The summed E-state index contributed by atoms with van der Waals surface area (Å²) in [7, 11) is -1.85. The quantitative estimate of drug-likeness (QED) is 0.594. The van der Waals surface area contributed by atoms with Crippen molar-refractivity contribution in [3.05, 3.63) is 46.2 Å². The van der Waals surface area contributed by atoms with Crippen molar-refractivity contribution in [2.24, 2.45) is 7.05 Å². The number of carbonyl (C=O) groups is 1. The van der Waals surface area contributed by atoms with Crippen LogP contribution in [0.5, 0.6) is 0 Å². The smallest absolute Gasteiger partial charge is 0.252 e. The molecule has 1 saturated carbocycles. The molecule has 0 radical (unpaired) electrons. The van der Waals surface area contributed by atoms with E-state index in [4.69, 9.17) is 23.2 Å². The van der Waals surface area contributed by atoms with Gasteiger partial charge in [-0.3, -0.25) is 14.4 Å². The first-order chi connectivity index (χ1) is 15.7. The van der Waals surface area contributed by atoms with Gasteiger partial charge in [0.25, 0.3) is 5.91 Å². The van der Waals surface area contributed by atoms with Gasteiger partial charge in [-0.15, -0.1) is 12.4 Å². The summed E-state index contributed by atoms with van der Waals surface area (Å²) in [6.07, 6.45) is 8.21. The number of piperazine rings is 1. The monoisotopic (exact) mass is 549 g/mol. The van der Waals surface area contributed by atoms with Crippen molar-refractivity contribution in [1.29, 1.82) is 0 Å². The van der Waals surface area contributed by atoms with Crippen LogP contribution in [0.4, 0.5) is 0 Å². The molecule has 188 valence electrons. The van der Waals surface area contributed by atoms with Gasteiger partial charge in [-0.25, -0.2) is 8.42 Å². The molecule has 0 bridgehead atoms. The molecule has 2 aliphatic rings. The van der Waals surface area contributed by atoms with Crippen LogP contribution in [0.2, 0.25) is 10.0 Å². The Morgan fingerprint density at radius 2 is 1.79 bits per heavy atom. The van der Waals surface area contributed by atoms with Gasteiger partial charge in [0.15, 0.2) is 0 Å². The van der Waals surface area contributed by atoms with Crippen molar-refractivity contribution in [2.45, 2.75) is 42.5 Å². The Morgan fingerprint density at radius 3 is 2.38 bits per heavy atom. The van der Waals surface area contributed by atoms with Gasteiger partial charge in [-0.2, -0.15) is 9.40 Å². The minimum absolute atomic E-state index is 0. The first kappa shape index (κ1) is 27.2. The Morgan fingerprint density at radius 1 is 1.12 bits per heavy atom. The number of hydrogen-bond donors (Lipinski definition) is 1. The van der Waals surface area contributed by atoms with Crippen LogP contribution in [0.15, 0.2) is 35.5 Å². The second-order valence-electron chi connectivity index (χ2n) is 8.83. The predicted molar refractivity (Wildman–Crippen MR) is 135 cm³/mol. The molecule has 8 nitrogen and oxygen atoms in total. The first-order valence-corrected chi connectivity index (χ1v) is 13.4. The highest BCUT2D eigenvalue weighted by molar-refractivity contribution is 7.89. The van der Waals surface area contributed by atoms with Crippen LogP contribution in [-0.2, 0) is 17.1 Å². The van der Waals surface area contributed by atoms with E-state index in [1.54, 1.807) is 25.2 Å². The number of nitrogens with one attached hydrogen (secondary N) is 1. The summed E-state index contributed by atoms with van der Waals surface area (Å²) < 4.78 is 29.0. The molecule has 2 heterocycles. The first-order valence-electron chi connectivity index (χ1n) is 11.2. The molecule has 1 saturated heterocycles. The molecular formula is C22H30Cl3N5O3S. The van der Waals surface area contributed by atoms with Gasteiger partial charge in [-0.1, -0.05) is 42.5 Å². The fourth-order valence-corrected chi connectivity index (χ4v) is 6.81. The lowest BCUT2D eigenvalue weighted by Gasteiger charge is -2.49. The van der Waals surface area contributed by atoms with Gasteiger partial charge < -0.3 is 5.32 Å². The average molecular weight is 551 g/mol. The summed E-state index contributed by atoms with van der Waals surface area (Å²) in [6.45, 7) is 2.57. The number of aryl methyl sites for hydroxylation is 1. The largest absolute Gasteiger partial charge is 0.350 e. The highest BCUT2D eigenvalue weighted by Crippen LogP contribution is 2.35. The van der Waals surface area contributed by atoms with Crippen molar-refractivity contribution < 1.29 is 13.2 Å². The topological polar surface area (TPSA) is 87.5 Å². The number of nitrogens with zero attached hydrogens (tertiary/aromatic N) is 4. The summed E-state index contributed by atoms with van der Waals surface area (Å²) in [5, 5.41) is 7.89. The Kier molecular flexibility index (Phi) is 8.92. The zero-order valence-electron chi connectivity index (χ0n) is 19.0. The molecule has 1 aromatic heterocycles. The van der Waals surface area contributed by atoms with Crippen LogP contribution in [0.1, 0.15) is 42.5 Å². The molecule has 0 atom stereocenters. The van der Waals surface area contributed by atoms with E-state index in [-0.39, 0.29) is 28.7 Å². The number of carbonyl (C=O) groups excluding carboxylic acids is 1. The summed E-state index contributed by atoms with van der Waals surface area (Å²) in [6, 6.07) is 4.85. The van der Waals surface area contributed by atoms with Crippen molar-refractivity contribution >= 4 is 51.5 Å². The molecule has 1 amide bonds. The zero-order valence-corrected chi connectivity index (χ0v) is 22.2. The van der Waals surface area contributed by atoms with Crippen LogP contribution >= 0.6 is 35.6 Å². The molecule has 0 unspecified atom stereocenters. The summed E-state index contributed by atoms with van der Waals surface area (Å²) in [5.74, 6) is -0.223. The molecular weight excluding hydrogens is 521 g/mol. The predicted octanol–water partition coefficient (Wildman–Crippen LogP) is 3.59. The maximum Gasteiger partial charge on any atom is 0.252 e. The van der Waals surface area contributed by atoms with Crippen LogP contribution < -0.4 is 5.32 Å². The molecule has 4 rings (SSSR count). The van der Waals surface area contributed by atoms with Crippen molar-refractivity contribution in [1.82, 2.24) is 24.3 Å². The number of benzene rings is 1. The SMILES string of the molecule is Cl.Cn1cc(S(=O)(=O)N2CCN(C3(CNC(=O)c4ccc(Cl)cc4Cl)CCCCC3)CC2)cn1. The Balaban J connectivity index is 0.00000324. The van der Waals surface area contributed by atoms with Gasteiger partial charge in [0.1, 0.15) is 4.90 Å². The third-order valence-corrected chi connectivity index (χ3v) is 9.17. The second-order valence-corrected chi connectivity index (χ2v) is 11.6. The Bertz CT molecular complexity index is 1110. The van der Waals surface area contributed by atoms with Crippen LogP contribution in [0.3, 0.4) is 0 Å². The fraction of sp³-hybridized carbons (Fsp3) is 0.545. The van der Waals surface area contributed by atoms with Crippen LogP contribution in [-0.4, -0.2) is 71.6 Å². The van der Waals surface area contributed by atoms with E-state index in [2.05, 4.69) is 15.3 Å². The molecule has 34 heavy (non-hydrogen) atoms. The number of hydrogen-bond acceptors (Lipinski definition) is 5. The van der Waals surface area contributed by atoms with Gasteiger partial charge in [-0.05, 0) is 31.0 Å². The van der Waals surface area contributed by atoms with Crippen molar-refractivity contribution in [3.63, 3.8) is 0 Å². The summed E-state index contributed by atoms with van der Waals surface area (Å²) >= 11 is 12.2. The van der Waals surface area contributed by atoms with Gasteiger partial charge in [0.05, 0.1) is 16.8 Å². The molecule has 1 N–H and O–H groups in total. The lowest BCUT2D eigenvalue weighted by atomic mass is 9.79. The molecule has 2 aromatic rings. The lowest BCUT2D eigenvalue weighted by molar-refractivity contribution is 0.0240. The molecule has 2 fully saturated rings. The van der Waals surface area contributed by atoms with Gasteiger partial charge in [0.2, 0.25) is 10.0 Å². The third-order valence-electron chi connectivity index (χ3n) is 6.77. The zero-order chi connectivity index (χ0) is 23.6. The van der Waals surface area contributed by atoms with Gasteiger partial charge >= 0.3 is 0 Å². The highest BCUT2D eigenvalue weighted by Gasteiger charge is 2.41. The van der Waals surface area contributed by atoms with E-state index in [1.807, 2.05) is 0 Å². The molecule has 1 aromatic carbocycles. The maximum atomic E-state index is 13.0. The lowest BCUT2D eigenvalue weighted by Crippen LogP contribution is -2.62. The standard InChI is InChI=1S/C22H29Cl2N5O3S.ClH/c1-27-15-18(14-26-27)33(31,32)29-11-9-28(10-12-29)22(7-3-2-4-8-22)16-25-21(30)19-6-5-17(23)13-20(19)24;/h5-6,13-15H,2-4,7-12,16H2,1H3,(H,25,30);1H. The summed E-state index contributed by atoms with van der Waals surface area (Å²) in [5.41, 5.74) is 0.219. The van der Waals surface area contributed by atoms with E-state index >= 15 is 0 Å². The molecule has 1 aliphatic heterocycles. The van der Waals surface area contributed by atoms with E-state index in [0.29, 0.717) is 48.3 Å². The average Bonchev–Trinajstić information content (AvgIpc) is 3.25. The van der Waals surface area contributed by atoms with Crippen LogP contribution in [0, 0.1) is 0 Å². The highest BCUT2D eigenvalue weighted by atomic mass is 35.5. The Labute approximate surface area is 217 Å².